The van der Waals surface area contributed by atoms with Gasteiger partial charge in [-0.1, -0.05) is 65.7 Å². The second-order valence-corrected chi connectivity index (χ2v) is 14.4. The summed E-state index contributed by atoms with van der Waals surface area (Å²) in [6, 6.07) is 19.3. The zero-order valence-electron chi connectivity index (χ0n) is 28.5. The Labute approximate surface area is 306 Å². The van der Waals surface area contributed by atoms with Crippen molar-refractivity contribution >= 4 is 34.8 Å². The highest BCUT2D eigenvalue weighted by Gasteiger charge is 2.39. The van der Waals surface area contributed by atoms with Gasteiger partial charge in [-0.05, 0) is 55.9 Å². The monoisotopic (exact) mass is 726 g/mol. The second-order valence-electron chi connectivity index (χ2n) is 13.6. The third-order valence-corrected chi connectivity index (χ3v) is 10.6. The number of hydrogen-bond acceptors (Lipinski definition) is 8. The van der Waals surface area contributed by atoms with Crippen LogP contribution >= 0.6 is 23.2 Å². The number of methoxy groups -OCH3 is 1. The number of fused-ring (bicyclic) bond motifs is 1. The van der Waals surface area contributed by atoms with Gasteiger partial charge in [0.1, 0.15) is 5.65 Å². The van der Waals surface area contributed by atoms with Crippen LogP contribution in [0.4, 0.5) is 0 Å². The largest absolute Gasteiger partial charge is 0.481 e. The molecule has 0 unspecified atom stereocenters. The van der Waals surface area contributed by atoms with Crippen molar-refractivity contribution < 1.29 is 14.6 Å². The molecule has 1 saturated heterocycles. The molecule has 0 radical (unpaired) electrons. The number of nitrogens with one attached hydrogen (secondary N) is 3. The lowest BCUT2D eigenvalue weighted by molar-refractivity contribution is -0.119. The maximum absolute atomic E-state index is 13.3. The molecular weight excluding hydrogens is 687 g/mol. The topological polar surface area (TPSA) is 130 Å². The number of pyridine rings is 2. The van der Waals surface area contributed by atoms with Crippen molar-refractivity contribution in [3.63, 3.8) is 0 Å². The Bertz CT molecular complexity index is 2170. The van der Waals surface area contributed by atoms with Crippen molar-refractivity contribution in [2.45, 2.75) is 57.3 Å². The fourth-order valence-corrected chi connectivity index (χ4v) is 7.41. The third kappa shape index (κ3) is 7.52. The minimum atomic E-state index is -0.777. The highest BCUT2D eigenvalue weighted by atomic mass is 35.5. The summed E-state index contributed by atoms with van der Waals surface area (Å²) in [5.74, 6) is 0.902. The molecule has 264 valence electrons. The van der Waals surface area contributed by atoms with Crippen LogP contribution in [-0.4, -0.2) is 57.2 Å². The fraction of sp³-hybridized carbons (Fsp3) is 0.333. The lowest BCUT2D eigenvalue weighted by atomic mass is 9.97. The summed E-state index contributed by atoms with van der Waals surface area (Å²) in [7, 11) is 1.59. The first-order valence-electron chi connectivity index (χ1n) is 17.2. The molecule has 0 bridgehead atoms. The molecule has 1 saturated carbocycles. The lowest BCUT2D eigenvalue weighted by Crippen LogP contribution is -2.40. The van der Waals surface area contributed by atoms with Gasteiger partial charge < -0.3 is 25.8 Å². The van der Waals surface area contributed by atoms with Crippen LogP contribution in [0.15, 0.2) is 77.9 Å². The van der Waals surface area contributed by atoms with Crippen LogP contribution in [0.25, 0.3) is 39.2 Å². The lowest BCUT2D eigenvalue weighted by Gasteiger charge is -2.23. The molecule has 2 aromatic carbocycles. The normalized spacial score (nSPS) is 17.0. The minimum Gasteiger partial charge on any atom is -0.481 e. The van der Waals surface area contributed by atoms with Gasteiger partial charge in [0.25, 0.3) is 5.56 Å². The minimum absolute atomic E-state index is 0.0936. The van der Waals surface area contributed by atoms with Crippen LogP contribution in [0.3, 0.4) is 0 Å². The summed E-state index contributed by atoms with van der Waals surface area (Å²) in [5, 5.41) is 21.2. The average molecular weight is 728 g/mol. The van der Waals surface area contributed by atoms with Crippen LogP contribution in [-0.2, 0) is 17.9 Å². The average Bonchev–Trinajstić information content (AvgIpc) is 3.92. The Kier molecular flexibility index (Phi) is 10.1. The predicted molar refractivity (Wildman–Crippen MR) is 200 cm³/mol. The Morgan fingerprint density at radius 1 is 0.941 bits per heavy atom. The number of carbonyl (C=O) groups excluding carboxylic acids is 1. The molecule has 2 aliphatic rings. The molecule has 2 atom stereocenters. The highest BCUT2D eigenvalue weighted by molar-refractivity contribution is 6.39. The summed E-state index contributed by atoms with van der Waals surface area (Å²) >= 11 is 14.2. The van der Waals surface area contributed by atoms with E-state index in [0.717, 1.165) is 52.6 Å². The first-order chi connectivity index (χ1) is 24.6. The summed E-state index contributed by atoms with van der Waals surface area (Å²) in [5.41, 5.74) is 5.44. The standard InChI is InChI=1S/C39H40Cl2N6O4/c1-39(50,26-10-11-26)22-43-19-25-20-44-33-17-23(15-16-47(33)38(25)49)28-5-3-6-29(35(28)40)30-7-4-8-31(36(30)41)32-13-9-24(37(46-32)51-2)18-42-21-27-12-14-34(48)45-27/h3-9,13,15-17,20,26-27,42-43,50H,10-12,14,18-19,21-22H2,1-2H3,(H,45,48)/t27-,39-/m1/s1. The fourth-order valence-electron chi connectivity index (χ4n) is 6.74. The van der Waals surface area contributed by atoms with Gasteiger partial charge in [-0.2, -0.15) is 0 Å². The van der Waals surface area contributed by atoms with Crippen LogP contribution in [0.5, 0.6) is 5.88 Å². The van der Waals surface area contributed by atoms with Crippen LogP contribution in [0.1, 0.15) is 43.7 Å². The maximum Gasteiger partial charge on any atom is 0.262 e. The summed E-state index contributed by atoms with van der Waals surface area (Å²) in [6.07, 6.45) is 6.77. The molecule has 3 aromatic heterocycles. The van der Waals surface area contributed by atoms with Gasteiger partial charge in [0, 0.05) is 84.4 Å². The van der Waals surface area contributed by atoms with E-state index in [-0.39, 0.29) is 17.5 Å². The Morgan fingerprint density at radius 3 is 2.35 bits per heavy atom. The Balaban J connectivity index is 1.11. The molecule has 4 N–H and O–H groups in total. The van der Waals surface area contributed by atoms with Crippen molar-refractivity contribution in [1.29, 1.82) is 0 Å². The molecular formula is C39H40Cl2N6O4. The Hall–Kier alpha value is -4.32. The SMILES string of the molecule is COc1nc(-c2cccc(-c3cccc(-c4ccn5c(=O)c(CNC[C@@](C)(O)C6CC6)cnc5c4)c3Cl)c2Cl)ccc1CNC[C@H]1CCC(=O)N1. The number of aliphatic hydroxyl groups is 1. The van der Waals surface area contributed by atoms with E-state index in [1.165, 1.54) is 4.40 Å². The van der Waals surface area contributed by atoms with E-state index in [4.69, 9.17) is 32.9 Å². The van der Waals surface area contributed by atoms with Crippen molar-refractivity contribution in [2.75, 3.05) is 20.2 Å². The van der Waals surface area contributed by atoms with Crippen LogP contribution < -0.4 is 26.2 Å². The molecule has 1 amide bonds. The van der Waals surface area contributed by atoms with Crippen molar-refractivity contribution in [3.05, 3.63) is 105 Å². The number of hydrogen-bond donors (Lipinski definition) is 4. The molecule has 4 heterocycles. The number of ether oxygens (including phenoxy) is 1. The first kappa shape index (κ1) is 35.1. The molecule has 0 spiro atoms. The molecule has 7 rings (SSSR count). The quantitative estimate of drug-likeness (QED) is 0.116. The summed E-state index contributed by atoms with van der Waals surface area (Å²) in [4.78, 5) is 34.2. The smallest absolute Gasteiger partial charge is 0.262 e. The molecule has 1 aliphatic carbocycles. The first-order valence-corrected chi connectivity index (χ1v) is 17.9. The van der Waals surface area contributed by atoms with E-state index >= 15 is 0 Å². The molecule has 51 heavy (non-hydrogen) atoms. The van der Waals surface area contributed by atoms with Gasteiger partial charge in [0.2, 0.25) is 11.8 Å². The van der Waals surface area contributed by atoms with Gasteiger partial charge >= 0.3 is 0 Å². The molecule has 5 aromatic rings. The number of aromatic nitrogens is 3. The summed E-state index contributed by atoms with van der Waals surface area (Å²) in [6.45, 7) is 3.79. The van der Waals surface area contributed by atoms with Crippen molar-refractivity contribution in [3.8, 4) is 39.4 Å². The number of rotatable bonds is 13. The van der Waals surface area contributed by atoms with E-state index in [2.05, 4.69) is 20.9 Å². The Morgan fingerprint density at radius 2 is 1.65 bits per heavy atom. The van der Waals surface area contributed by atoms with Gasteiger partial charge in [-0.25, -0.2) is 9.97 Å². The van der Waals surface area contributed by atoms with Crippen molar-refractivity contribution in [1.82, 2.24) is 30.3 Å². The van der Waals surface area contributed by atoms with Gasteiger partial charge in [0.15, 0.2) is 0 Å². The summed E-state index contributed by atoms with van der Waals surface area (Å²) < 4.78 is 7.17. The second kappa shape index (κ2) is 14.7. The van der Waals surface area contributed by atoms with E-state index in [9.17, 15) is 14.7 Å². The highest BCUT2D eigenvalue weighted by Crippen LogP contribution is 2.42. The van der Waals surface area contributed by atoms with Gasteiger partial charge in [-0.15, -0.1) is 0 Å². The third-order valence-electron chi connectivity index (χ3n) is 9.83. The number of halogens is 2. The zero-order chi connectivity index (χ0) is 35.7. The number of nitrogens with zero attached hydrogens (tertiary/aromatic N) is 3. The predicted octanol–water partition coefficient (Wildman–Crippen LogP) is 6.02. The number of amides is 1. The van der Waals surface area contributed by atoms with Gasteiger partial charge in [-0.3, -0.25) is 14.0 Å². The van der Waals surface area contributed by atoms with Crippen LogP contribution in [0, 0.1) is 5.92 Å². The maximum atomic E-state index is 13.3. The number of benzene rings is 2. The van der Waals surface area contributed by atoms with Crippen molar-refractivity contribution in [2.24, 2.45) is 5.92 Å². The van der Waals surface area contributed by atoms with Gasteiger partial charge in [0.05, 0.1) is 28.5 Å². The zero-order valence-corrected chi connectivity index (χ0v) is 30.0. The molecule has 10 nitrogen and oxygen atoms in total. The molecule has 1 aliphatic heterocycles. The van der Waals surface area contributed by atoms with Crippen LogP contribution in [0.2, 0.25) is 10.0 Å². The van der Waals surface area contributed by atoms with E-state index in [0.29, 0.717) is 71.3 Å². The van der Waals surface area contributed by atoms with E-state index < -0.39 is 5.60 Å². The molecule has 12 heteroatoms. The number of carbonyl (C=O) groups is 1. The molecule has 2 fully saturated rings. The van der Waals surface area contributed by atoms with E-state index in [1.807, 2.05) is 67.6 Å². The van der Waals surface area contributed by atoms with E-state index in [1.54, 1.807) is 19.5 Å².